The number of carbonyl (C=O) groups excluding carboxylic acids is 2. The molecule has 35 heavy (non-hydrogen) atoms. The number of hydrogen-bond acceptors (Lipinski definition) is 7. The third kappa shape index (κ3) is 4.99. The number of sulfonamides is 1. The minimum Gasteiger partial charge on any atom is -0.462 e. The number of para-hydroxylation sites is 1. The van der Waals surface area contributed by atoms with Crippen molar-refractivity contribution in [3.8, 4) is 5.82 Å². The van der Waals surface area contributed by atoms with Crippen LogP contribution >= 0.6 is 0 Å². The molecule has 0 aliphatic carbocycles. The number of ether oxygens (including phenoxy) is 1. The summed E-state index contributed by atoms with van der Waals surface area (Å²) in [6.45, 7) is 5.02. The number of rotatable bonds is 7. The van der Waals surface area contributed by atoms with Crippen LogP contribution in [0.4, 0.5) is 11.5 Å². The third-order valence-corrected chi connectivity index (χ3v) is 6.46. The number of amides is 1. The highest BCUT2D eigenvalue weighted by atomic mass is 32.2. The Morgan fingerprint density at radius 3 is 2.49 bits per heavy atom. The smallest absolute Gasteiger partial charge is 0.343 e. The van der Waals surface area contributed by atoms with Crippen LogP contribution in [-0.2, 0) is 19.6 Å². The summed E-state index contributed by atoms with van der Waals surface area (Å²) in [4.78, 5) is 28.4. The number of esters is 1. The van der Waals surface area contributed by atoms with E-state index in [2.05, 4.69) is 20.1 Å². The molecule has 0 aliphatic rings. The van der Waals surface area contributed by atoms with Crippen molar-refractivity contribution in [3.05, 3.63) is 71.9 Å². The van der Waals surface area contributed by atoms with E-state index in [1.807, 2.05) is 31.2 Å². The molecule has 10 nitrogen and oxygen atoms in total. The van der Waals surface area contributed by atoms with Gasteiger partial charge in [0.15, 0.2) is 11.6 Å². The molecule has 0 spiro atoms. The fourth-order valence-corrected chi connectivity index (χ4v) is 4.59. The second-order valence-electron chi connectivity index (χ2n) is 7.66. The molecular formula is C24H23N5O5S. The summed E-state index contributed by atoms with van der Waals surface area (Å²) < 4.78 is 35.3. The van der Waals surface area contributed by atoms with E-state index in [0.29, 0.717) is 17.0 Å². The van der Waals surface area contributed by atoms with Gasteiger partial charge in [0, 0.05) is 18.0 Å². The van der Waals surface area contributed by atoms with Gasteiger partial charge in [0.2, 0.25) is 5.91 Å². The van der Waals surface area contributed by atoms with Crippen LogP contribution in [0.15, 0.2) is 65.7 Å². The molecule has 2 aromatic heterocycles. The average molecular weight is 494 g/mol. The van der Waals surface area contributed by atoms with Gasteiger partial charge in [-0.25, -0.2) is 18.2 Å². The minimum absolute atomic E-state index is 0.0575. The SMILES string of the molecule is CCOC(=O)c1cnn(-c2cc(C)c3ccccc3n2)c1NS(=O)(=O)c1ccc(NC(C)=O)cc1. The van der Waals surface area contributed by atoms with Crippen molar-refractivity contribution in [1.82, 2.24) is 14.8 Å². The number of pyridine rings is 1. The van der Waals surface area contributed by atoms with Gasteiger partial charge in [-0.3, -0.25) is 9.52 Å². The lowest BCUT2D eigenvalue weighted by atomic mass is 10.1. The van der Waals surface area contributed by atoms with Crippen molar-refractivity contribution >= 4 is 44.3 Å². The molecule has 4 aromatic rings. The van der Waals surface area contributed by atoms with Crippen LogP contribution in [0.5, 0.6) is 0 Å². The Balaban J connectivity index is 1.79. The summed E-state index contributed by atoms with van der Waals surface area (Å²) in [6.07, 6.45) is 1.24. The molecule has 0 atom stereocenters. The predicted octanol–water partition coefficient (Wildman–Crippen LogP) is 3.66. The summed E-state index contributed by atoms with van der Waals surface area (Å²) in [5, 5.41) is 7.76. The van der Waals surface area contributed by atoms with Crippen LogP contribution in [0, 0.1) is 6.92 Å². The molecule has 180 valence electrons. The molecule has 0 bridgehead atoms. The van der Waals surface area contributed by atoms with Crippen LogP contribution in [0.3, 0.4) is 0 Å². The fourth-order valence-electron chi connectivity index (χ4n) is 3.53. The molecule has 0 unspecified atom stereocenters. The largest absolute Gasteiger partial charge is 0.462 e. The van der Waals surface area contributed by atoms with Crippen LogP contribution < -0.4 is 10.0 Å². The maximum atomic E-state index is 13.2. The highest BCUT2D eigenvalue weighted by molar-refractivity contribution is 7.92. The minimum atomic E-state index is -4.14. The highest BCUT2D eigenvalue weighted by Gasteiger charge is 2.26. The number of hydrogen-bond donors (Lipinski definition) is 2. The van der Waals surface area contributed by atoms with Gasteiger partial charge in [0.25, 0.3) is 10.0 Å². The van der Waals surface area contributed by atoms with Crippen molar-refractivity contribution in [2.24, 2.45) is 0 Å². The normalized spacial score (nSPS) is 11.3. The fraction of sp³-hybridized carbons (Fsp3) is 0.167. The summed E-state index contributed by atoms with van der Waals surface area (Å²) in [5.74, 6) is -0.776. The van der Waals surface area contributed by atoms with Crippen molar-refractivity contribution in [3.63, 3.8) is 0 Å². The van der Waals surface area contributed by atoms with E-state index in [-0.39, 0.29) is 28.8 Å². The lowest BCUT2D eigenvalue weighted by Crippen LogP contribution is -2.19. The first-order chi connectivity index (χ1) is 16.7. The van der Waals surface area contributed by atoms with Crippen LogP contribution in [0.1, 0.15) is 29.8 Å². The predicted molar refractivity (Wildman–Crippen MR) is 131 cm³/mol. The van der Waals surface area contributed by atoms with E-state index in [1.165, 1.54) is 42.1 Å². The molecule has 11 heteroatoms. The van der Waals surface area contributed by atoms with Gasteiger partial charge >= 0.3 is 5.97 Å². The number of nitrogens with one attached hydrogen (secondary N) is 2. The molecule has 0 radical (unpaired) electrons. The number of carbonyl (C=O) groups is 2. The Morgan fingerprint density at radius 2 is 1.80 bits per heavy atom. The molecule has 4 rings (SSSR count). The van der Waals surface area contributed by atoms with Crippen LogP contribution in [-0.4, -0.2) is 41.7 Å². The molecule has 0 aliphatic heterocycles. The lowest BCUT2D eigenvalue weighted by Gasteiger charge is -2.13. The van der Waals surface area contributed by atoms with Gasteiger partial charge < -0.3 is 10.1 Å². The second kappa shape index (κ2) is 9.55. The zero-order valence-electron chi connectivity index (χ0n) is 19.3. The summed E-state index contributed by atoms with van der Waals surface area (Å²) in [5.41, 5.74) is 1.99. The van der Waals surface area contributed by atoms with Gasteiger partial charge in [-0.15, -0.1) is 0 Å². The molecule has 0 fully saturated rings. The van der Waals surface area contributed by atoms with E-state index in [0.717, 1.165) is 10.9 Å². The Labute approximate surface area is 202 Å². The van der Waals surface area contributed by atoms with E-state index >= 15 is 0 Å². The average Bonchev–Trinajstić information content (AvgIpc) is 3.22. The van der Waals surface area contributed by atoms with Gasteiger partial charge in [0.05, 0.1) is 23.2 Å². The van der Waals surface area contributed by atoms with E-state index in [4.69, 9.17) is 4.74 Å². The maximum absolute atomic E-state index is 13.2. The number of aryl methyl sites for hydroxylation is 1. The summed E-state index contributed by atoms with van der Waals surface area (Å²) >= 11 is 0. The zero-order chi connectivity index (χ0) is 25.2. The zero-order valence-corrected chi connectivity index (χ0v) is 20.1. The molecular weight excluding hydrogens is 470 g/mol. The van der Waals surface area contributed by atoms with Crippen molar-refractivity contribution < 1.29 is 22.7 Å². The number of aromatic nitrogens is 3. The summed E-state index contributed by atoms with van der Waals surface area (Å²) in [6, 6.07) is 14.9. The standard InChI is InChI=1S/C24H23N5O5S/c1-4-34-24(31)20-14-25-29(22-13-15(2)19-7-5-6-8-21(19)27-22)23(20)28-35(32,33)18-11-9-17(10-12-18)26-16(3)30/h5-14,28H,4H2,1-3H3,(H,26,30). The van der Waals surface area contributed by atoms with Crippen molar-refractivity contribution in [2.75, 3.05) is 16.6 Å². The van der Waals surface area contributed by atoms with Gasteiger partial charge in [-0.1, -0.05) is 18.2 Å². The Morgan fingerprint density at radius 1 is 1.09 bits per heavy atom. The van der Waals surface area contributed by atoms with Crippen molar-refractivity contribution in [1.29, 1.82) is 0 Å². The van der Waals surface area contributed by atoms with E-state index in [1.54, 1.807) is 13.0 Å². The number of nitrogens with zero attached hydrogens (tertiary/aromatic N) is 3. The molecule has 2 heterocycles. The first-order valence-corrected chi connectivity index (χ1v) is 12.2. The molecule has 2 aromatic carbocycles. The molecule has 0 saturated heterocycles. The second-order valence-corrected chi connectivity index (χ2v) is 9.35. The highest BCUT2D eigenvalue weighted by Crippen LogP contribution is 2.27. The quantitative estimate of drug-likeness (QED) is 0.375. The van der Waals surface area contributed by atoms with Crippen LogP contribution in [0.25, 0.3) is 16.7 Å². The van der Waals surface area contributed by atoms with Crippen molar-refractivity contribution in [2.45, 2.75) is 25.7 Å². The van der Waals surface area contributed by atoms with E-state index in [9.17, 15) is 18.0 Å². The first kappa shape index (κ1) is 23.9. The van der Waals surface area contributed by atoms with Gasteiger partial charge in [-0.2, -0.15) is 9.78 Å². The maximum Gasteiger partial charge on any atom is 0.343 e. The van der Waals surface area contributed by atoms with Crippen LogP contribution in [0.2, 0.25) is 0 Å². The van der Waals surface area contributed by atoms with Gasteiger partial charge in [0.1, 0.15) is 5.56 Å². The topological polar surface area (TPSA) is 132 Å². The first-order valence-electron chi connectivity index (χ1n) is 10.7. The Hall–Kier alpha value is -4.25. The molecule has 0 saturated carbocycles. The number of benzene rings is 2. The molecule has 1 amide bonds. The van der Waals surface area contributed by atoms with Gasteiger partial charge in [-0.05, 0) is 55.8 Å². The number of fused-ring (bicyclic) bond motifs is 1. The van der Waals surface area contributed by atoms with E-state index < -0.39 is 16.0 Å². The monoisotopic (exact) mass is 493 g/mol. The Bertz CT molecular complexity index is 1530. The third-order valence-electron chi connectivity index (χ3n) is 5.11. The summed E-state index contributed by atoms with van der Waals surface area (Å²) in [7, 11) is -4.14. The Kier molecular flexibility index (Phi) is 6.52. The lowest BCUT2D eigenvalue weighted by molar-refractivity contribution is -0.114. The molecule has 2 N–H and O–H groups in total. The number of anilines is 2.